The van der Waals surface area contributed by atoms with Gasteiger partial charge in [0, 0.05) is 13.6 Å². The number of sulfonamides is 1. The van der Waals surface area contributed by atoms with E-state index in [-0.39, 0.29) is 17.3 Å². The van der Waals surface area contributed by atoms with Gasteiger partial charge in [-0.1, -0.05) is 30.3 Å². The monoisotopic (exact) mass is 293 g/mol. The lowest BCUT2D eigenvalue weighted by atomic mass is 10.2. The summed E-state index contributed by atoms with van der Waals surface area (Å²) in [6, 6.07) is 12.8. The summed E-state index contributed by atoms with van der Waals surface area (Å²) < 4.78 is 39.3. The molecule has 5 heteroatoms. The lowest BCUT2D eigenvalue weighted by Crippen LogP contribution is -2.27. The number of halogens is 1. The summed E-state index contributed by atoms with van der Waals surface area (Å²) >= 11 is 0. The van der Waals surface area contributed by atoms with Crippen molar-refractivity contribution >= 4 is 10.0 Å². The second kappa shape index (κ2) is 5.73. The Morgan fingerprint density at radius 2 is 1.80 bits per heavy atom. The van der Waals surface area contributed by atoms with Gasteiger partial charge in [0.05, 0.1) is 4.90 Å². The highest BCUT2D eigenvalue weighted by molar-refractivity contribution is 7.89. The van der Waals surface area contributed by atoms with Gasteiger partial charge < -0.3 is 0 Å². The Hall–Kier alpha value is -1.72. The molecule has 0 aliphatic carbocycles. The van der Waals surface area contributed by atoms with Crippen LogP contribution >= 0.6 is 0 Å². The Balaban J connectivity index is 2.29. The highest BCUT2D eigenvalue weighted by Crippen LogP contribution is 2.20. The molecule has 0 spiro atoms. The van der Waals surface area contributed by atoms with Crippen molar-refractivity contribution in [2.75, 3.05) is 7.05 Å². The smallest absolute Gasteiger partial charge is 0.207 e. The lowest BCUT2D eigenvalue weighted by molar-refractivity contribution is 0.465. The van der Waals surface area contributed by atoms with Crippen molar-refractivity contribution in [3.8, 4) is 0 Å². The van der Waals surface area contributed by atoms with Crippen molar-refractivity contribution in [1.29, 1.82) is 0 Å². The molecule has 0 atom stereocenters. The minimum atomic E-state index is -3.57. The van der Waals surface area contributed by atoms with Gasteiger partial charge in [0.2, 0.25) is 10.0 Å². The number of benzene rings is 2. The first-order valence-electron chi connectivity index (χ1n) is 6.17. The lowest BCUT2D eigenvalue weighted by Gasteiger charge is -2.18. The molecule has 0 unspecified atom stereocenters. The topological polar surface area (TPSA) is 37.4 Å². The predicted octanol–water partition coefficient (Wildman–Crippen LogP) is 2.95. The van der Waals surface area contributed by atoms with Crippen LogP contribution in [0.5, 0.6) is 0 Å². The van der Waals surface area contributed by atoms with Gasteiger partial charge in [0.15, 0.2) is 0 Å². The molecule has 0 N–H and O–H groups in total. The van der Waals surface area contributed by atoms with E-state index in [1.807, 2.05) is 0 Å². The molecule has 0 aromatic heterocycles. The average molecular weight is 293 g/mol. The third-order valence-electron chi connectivity index (χ3n) is 3.08. The van der Waals surface area contributed by atoms with Crippen molar-refractivity contribution in [3.05, 3.63) is 65.5 Å². The maximum absolute atomic E-state index is 13.1. The van der Waals surface area contributed by atoms with E-state index < -0.39 is 10.0 Å². The van der Waals surface area contributed by atoms with Crippen molar-refractivity contribution in [1.82, 2.24) is 4.31 Å². The summed E-state index contributed by atoms with van der Waals surface area (Å²) in [5, 5.41) is 0. The molecule has 0 aliphatic heterocycles. The molecule has 0 radical (unpaired) electrons. The van der Waals surface area contributed by atoms with Gasteiger partial charge in [0.25, 0.3) is 0 Å². The molecule has 3 nitrogen and oxygen atoms in total. The minimum absolute atomic E-state index is 0.133. The molecule has 0 heterocycles. The number of aryl methyl sites for hydroxylation is 1. The van der Waals surface area contributed by atoms with E-state index in [0.29, 0.717) is 11.1 Å². The summed E-state index contributed by atoms with van der Waals surface area (Å²) in [6.07, 6.45) is 0. The third kappa shape index (κ3) is 3.05. The van der Waals surface area contributed by atoms with E-state index in [0.717, 1.165) is 0 Å². The predicted molar refractivity (Wildman–Crippen MR) is 76.2 cm³/mol. The molecule has 0 aliphatic rings. The zero-order valence-corrected chi connectivity index (χ0v) is 12.2. The molecule has 0 bridgehead atoms. The first kappa shape index (κ1) is 14.7. The molecule has 20 heavy (non-hydrogen) atoms. The van der Waals surface area contributed by atoms with Gasteiger partial charge in [-0.3, -0.25) is 0 Å². The fourth-order valence-corrected chi connectivity index (χ4v) is 3.37. The SMILES string of the molecule is Cc1ccccc1S(=O)(=O)N(C)Cc1cccc(F)c1. The van der Waals surface area contributed by atoms with Crippen LogP contribution in [0.1, 0.15) is 11.1 Å². The van der Waals surface area contributed by atoms with Crippen molar-refractivity contribution in [2.24, 2.45) is 0 Å². The Morgan fingerprint density at radius 3 is 2.45 bits per heavy atom. The highest BCUT2D eigenvalue weighted by Gasteiger charge is 2.22. The molecular formula is C15H16FNO2S. The fraction of sp³-hybridized carbons (Fsp3) is 0.200. The quantitative estimate of drug-likeness (QED) is 0.869. The molecule has 0 fully saturated rings. The summed E-state index contributed by atoms with van der Waals surface area (Å²) in [5.74, 6) is -0.371. The zero-order chi connectivity index (χ0) is 14.8. The van der Waals surface area contributed by atoms with Gasteiger partial charge >= 0.3 is 0 Å². The number of hydrogen-bond acceptors (Lipinski definition) is 2. The van der Waals surface area contributed by atoms with E-state index in [1.54, 1.807) is 43.3 Å². The maximum Gasteiger partial charge on any atom is 0.243 e. The molecule has 2 aromatic carbocycles. The van der Waals surface area contributed by atoms with Crippen molar-refractivity contribution in [2.45, 2.75) is 18.4 Å². The molecule has 0 amide bonds. The molecule has 0 saturated heterocycles. The number of hydrogen-bond donors (Lipinski definition) is 0. The van der Waals surface area contributed by atoms with Gasteiger partial charge in [-0.15, -0.1) is 0 Å². The van der Waals surface area contributed by atoms with Gasteiger partial charge in [-0.05, 0) is 36.2 Å². The Labute approximate surface area is 118 Å². The van der Waals surface area contributed by atoms with E-state index >= 15 is 0 Å². The second-order valence-electron chi connectivity index (χ2n) is 4.66. The summed E-state index contributed by atoms with van der Waals surface area (Å²) in [7, 11) is -2.08. The largest absolute Gasteiger partial charge is 0.243 e. The highest BCUT2D eigenvalue weighted by atomic mass is 32.2. The van der Waals surface area contributed by atoms with Crippen LogP contribution in [-0.4, -0.2) is 19.8 Å². The molecule has 0 saturated carbocycles. The standard InChI is InChI=1S/C15H16FNO2S/c1-12-6-3-4-9-15(12)20(18,19)17(2)11-13-7-5-8-14(16)10-13/h3-10H,11H2,1-2H3. The fourth-order valence-electron chi connectivity index (χ4n) is 1.99. The maximum atomic E-state index is 13.1. The van der Waals surface area contributed by atoms with Crippen molar-refractivity contribution in [3.63, 3.8) is 0 Å². The van der Waals surface area contributed by atoms with Gasteiger partial charge in [-0.2, -0.15) is 4.31 Å². The van der Waals surface area contributed by atoms with E-state index in [9.17, 15) is 12.8 Å². The van der Waals surface area contributed by atoms with Crippen LogP contribution in [0, 0.1) is 12.7 Å². The van der Waals surface area contributed by atoms with E-state index in [4.69, 9.17) is 0 Å². The van der Waals surface area contributed by atoms with Gasteiger partial charge in [0.1, 0.15) is 5.82 Å². The van der Waals surface area contributed by atoms with Crippen LogP contribution in [0.2, 0.25) is 0 Å². The summed E-state index contributed by atoms with van der Waals surface area (Å²) in [6.45, 7) is 1.89. The van der Waals surface area contributed by atoms with Gasteiger partial charge in [-0.25, -0.2) is 12.8 Å². The molecular weight excluding hydrogens is 277 g/mol. The van der Waals surface area contributed by atoms with Crippen LogP contribution < -0.4 is 0 Å². The van der Waals surface area contributed by atoms with Crippen LogP contribution in [0.25, 0.3) is 0 Å². The molecule has 2 aromatic rings. The van der Waals surface area contributed by atoms with Crippen LogP contribution in [0.4, 0.5) is 4.39 Å². The van der Waals surface area contributed by atoms with Crippen LogP contribution in [-0.2, 0) is 16.6 Å². The Kier molecular flexibility index (Phi) is 4.20. The zero-order valence-electron chi connectivity index (χ0n) is 11.4. The Morgan fingerprint density at radius 1 is 1.10 bits per heavy atom. The van der Waals surface area contributed by atoms with E-state index in [1.165, 1.54) is 23.5 Å². The first-order valence-corrected chi connectivity index (χ1v) is 7.61. The first-order chi connectivity index (χ1) is 9.41. The Bertz CT molecular complexity index is 713. The average Bonchev–Trinajstić information content (AvgIpc) is 2.39. The number of nitrogens with zero attached hydrogens (tertiary/aromatic N) is 1. The number of rotatable bonds is 4. The van der Waals surface area contributed by atoms with E-state index in [2.05, 4.69) is 0 Å². The van der Waals surface area contributed by atoms with Crippen molar-refractivity contribution < 1.29 is 12.8 Å². The second-order valence-corrected chi connectivity index (χ2v) is 6.67. The van der Waals surface area contributed by atoms with Crippen LogP contribution in [0.15, 0.2) is 53.4 Å². The minimum Gasteiger partial charge on any atom is -0.207 e. The normalized spacial score (nSPS) is 11.8. The molecule has 2 rings (SSSR count). The molecule has 106 valence electrons. The van der Waals surface area contributed by atoms with Crippen LogP contribution in [0.3, 0.4) is 0 Å². The third-order valence-corrected chi connectivity index (χ3v) is 5.04. The summed E-state index contributed by atoms with van der Waals surface area (Å²) in [4.78, 5) is 0.277. The summed E-state index contributed by atoms with van der Waals surface area (Å²) in [5.41, 5.74) is 1.31.